The molecule has 0 spiro atoms. The Morgan fingerprint density at radius 2 is 1.76 bits per heavy atom. The van der Waals surface area contributed by atoms with Gasteiger partial charge in [0.15, 0.2) is 6.29 Å². The molecule has 2 rings (SSSR count). The summed E-state index contributed by atoms with van der Waals surface area (Å²) in [5, 5.41) is 8.29. The lowest BCUT2D eigenvalue weighted by molar-refractivity contribution is -0.145. The lowest BCUT2D eigenvalue weighted by Gasteiger charge is -2.16. The number of aromatic nitrogens is 3. The molecular formula is C15H21N3O3. The molecule has 0 atom stereocenters. The van der Waals surface area contributed by atoms with Gasteiger partial charge in [0.05, 0.1) is 19.9 Å². The molecule has 6 nitrogen and oxygen atoms in total. The minimum absolute atomic E-state index is 0.301. The third-order valence-electron chi connectivity index (χ3n) is 2.97. The summed E-state index contributed by atoms with van der Waals surface area (Å²) < 4.78 is 17.9. The fourth-order valence-electron chi connectivity index (χ4n) is 1.96. The number of methoxy groups -OCH3 is 1. The van der Waals surface area contributed by atoms with E-state index in [0.29, 0.717) is 19.8 Å². The summed E-state index contributed by atoms with van der Waals surface area (Å²) in [6.45, 7) is 5.60. The van der Waals surface area contributed by atoms with Crippen LogP contribution in [-0.2, 0) is 16.0 Å². The first kappa shape index (κ1) is 15.5. The molecule has 0 aliphatic carbocycles. The molecule has 1 heterocycles. The Labute approximate surface area is 124 Å². The Balaban J connectivity index is 2.05. The topological polar surface area (TPSA) is 58.4 Å². The Morgan fingerprint density at radius 3 is 2.33 bits per heavy atom. The summed E-state index contributed by atoms with van der Waals surface area (Å²) >= 11 is 0. The van der Waals surface area contributed by atoms with Crippen molar-refractivity contribution in [2.75, 3.05) is 20.3 Å². The summed E-state index contributed by atoms with van der Waals surface area (Å²) in [7, 11) is 1.65. The molecule has 0 aliphatic heterocycles. The lowest BCUT2D eigenvalue weighted by atomic mass is 10.2. The summed E-state index contributed by atoms with van der Waals surface area (Å²) in [6.07, 6.45) is 1.58. The highest BCUT2D eigenvalue weighted by Gasteiger charge is 2.11. The van der Waals surface area contributed by atoms with Gasteiger partial charge >= 0.3 is 0 Å². The van der Waals surface area contributed by atoms with Crippen molar-refractivity contribution >= 4 is 0 Å². The zero-order valence-electron chi connectivity index (χ0n) is 12.7. The second-order valence-corrected chi connectivity index (χ2v) is 4.39. The quantitative estimate of drug-likeness (QED) is 0.699. The fraction of sp³-hybridized carbons (Fsp3) is 0.467. The monoisotopic (exact) mass is 291 g/mol. The van der Waals surface area contributed by atoms with E-state index in [-0.39, 0.29) is 6.29 Å². The first-order chi connectivity index (χ1) is 10.3. The van der Waals surface area contributed by atoms with Crippen molar-refractivity contribution in [3.8, 4) is 17.0 Å². The molecule has 2 aromatic rings. The van der Waals surface area contributed by atoms with Gasteiger partial charge in [0.25, 0.3) is 0 Å². The second kappa shape index (κ2) is 7.75. The van der Waals surface area contributed by atoms with Gasteiger partial charge in [-0.1, -0.05) is 5.21 Å². The molecule has 0 unspecified atom stereocenters. The predicted octanol–water partition coefficient (Wildman–Crippen LogP) is 2.35. The molecule has 0 bridgehead atoms. The normalized spacial score (nSPS) is 11.0. The third-order valence-corrected chi connectivity index (χ3v) is 2.97. The standard InChI is InChI=1S/C15H21N3O3/c1-4-20-15(21-5-2)11-18-10-14(16-17-18)12-6-8-13(19-3)9-7-12/h6-10,15H,4-5,11H2,1-3H3. The Kier molecular flexibility index (Phi) is 5.71. The Bertz CT molecular complexity index is 533. The largest absolute Gasteiger partial charge is 0.497 e. The van der Waals surface area contributed by atoms with Crippen LogP contribution < -0.4 is 4.74 Å². The van der Waals surface area contributed by atoms with Crippen molar-refractivity contribution < 1.29 is 14.2 Å². The molecule has 0 radical (unpaired) electrons. The van der Waals surface area contributed by atoms with E-state index in [1.807, 2.05) is 44.3 Å². The van der Waals surface area contributed by atoms with Crippen molar-refractivity contribution in [1.29, 1.82) is 0 Å². The van der Waals surface area contributed by atoms with Crippen LogP contribution in [-0.4, -0.2) is 41.6 Å². The van der Waals surface area contributed by atoms with Gasteiger partial charge in [-0.3, -0.25) is 0 Å². The molecule has 0 fully saturated rings. The van der Waals surface area contributed by atoms with Gasteiger partial charge in [-0.05, 0) is 38.1 Å². The van der Waals surface area contributed by atoms with Crippen molar-refractivity contribution in [1.82, 2.24) is 15.0 Å². The van der Waals surface area contributed by atoms with E-state index in [1.165, 1.54) is 0 Å². The number of ether oxygens (including phenoxy) is 3. The van der Waals surface area contributed by atoms with Crippen LogP contribution in [0.3, 0.4) is 0 Å². The molecule has 0 N–H and O–H groups in total. The van der Waals surface area contributed by atoms with Crippen LogP contribution in [0.4, 0.5) is 0 Å². The molecule has 0 saturated heterocycles. The fourth-order valence-corrected chi connectivity index (χ4v) is 1.96. The Hall–Kier alpha value is -1.92. The average Bonchev–Trinajstić information content (AvgIpc) is 2.96. The zero-order chi connectivity index (χ0) is 15.1. The molecule has 1 aromatic carbocycles. The van der Waals surface area contributed by atoms with E-state index >= 15 is 0 Å². The van der Waals surface area contributed by atoms with Gasteiger partial charge in [-0.25, -0.2) is 4.68 Å². The predicted molar refractivity (Wildman–Crippen MR) is 79.1 cm³/mol. The van der Waals surface area contributed by atoms with E-state index in [4.69, 9.17) is 14.2 Å². The molecule has 0 saturated carbocycles. The maximum atomic E-state index is 5.50. The van der Waals surface area contributed by atoms with Crippen LogP contribution in [0.2, 0.25) is 0 Å². The highest BCUT2D eigenvalue weighted by atomic mass is 16.7. The molecule has 0 aliphatic rings. The van der Waals surface area contributed by atoms with Crippen LogP contribution in [0.15, 0.2) is 30.5 Å². The number of nitrogens with zero attached hydrogens (tertiary/aromatic N) is 3. The summed E-state index contributed by atoms with van der Waals surface area (Å²) in [5.74, 6) is 0.818. The van der Waals surface area contributed by atoms with Gasteiger partial charge in [-0.2, -0.15) is 0 Å². The van der Waals surface area contributed by atoms with Crippen LogP contribution in [0.1, 0.15) is 13.8 Å². The van der Waals surface area contributed by atoms with Gasteiger partial charge < -0.3 is 14.2 Å². The minimum Gasteiger partial charge on any atom is -0.497 e. The highest BCUT2D eigenvalue weighted by molar-refractivity contribution is 5.58. The van der Waals surface area contributed by atoms with Crippen LogP contribution in [0, 0.1) is 0 Å². The number of benzene rings is 1. The second-order valence-electron chi connectivity index (χ2n) is 4.39. The lowest BCUT2D eigenvalue weighted by Crippen LogP contribution is -2.24. The first-order valence-electron chi connectivity index (χ1n) is 7.04. The summed E-state index contributed by atoms with van der Waals surface area (Å²) in [5.41, 5.74) is 1.80. The molecule has 21 heavy (non-hydrogen) atoms. The molecule has 114 valence electrons. The average molecular weight is 291 g/mol. The highest BCUT2D eigenvalue weighted by Crippen LogP contribution is 2.20. The van der Waals surface area contributed by atoms with Gasteiger partial charge in [0, 0.05) is 18.8 Å². The summed E-state index contributed by atoms with van der Waals surface area (Å²) in [6, 6.07) is 7.71. The molecular weight excluding hydrogens is 270 g/mol. The van der Waals surface area contributed by atoms with Crippen molar-refractivity contribution in [3.05, 3.63) is 30.5 Å². The third kappa shape index (κ3) is 4.27. The maximum absolute atomic E-state index is 5.50. The van der Waals surface area contributed by atoms with E-state index in [1.54, 1.807) is 11.8 Å². The molecule has 1 aromatic heterocycles. The van der Waals surface area contributed by atoms with Crippen LogP contribution >= 0.6 is 0 Å². The zero-order valence-corrected chi connectivity index (χ0v) is 12.7. The van der Waals surface area contributed by atoms with E-state index in [9.17, 15) is 0 Å². The minimum atomic E-state index is -0.301. The maximum Gasteiger partial charge on any atom is 0.176 e. The van der Waals surface area contributed by atoms with E-state index < -0.39 is 0 Å². The molecule has 0 amide bonds. The van der Waals surface area contributed by atoms with Gasteiger partial charge in [0.2, 0.25) is 0 Å². The van der Waals surface area contributed by atoms with Gasteiger partial charge in [0.1, 0.15) is 11.4 Å². The first-order valence-corrected chi connectivity index (χ1v) is 7.04. The van der Waals surface area contributed by atoms with Gasteiger partial charge in [-0.15, -0.1) is 5.10 Å². The SMILES string of the molecule is CCOC(Cn1cc(-c2ccc(OC)cc2)nn1)OCC. The van der Waals surface area contributed by atoms with Crippen molar-refractivity contribution in [2.45, 2.75) is 26.7 Å². The Morgan fingerprint density at radius 1 is 1.10 bits per heavy atom. The van der Waals surface area contributed by atoms with Crippen molar-refractivity contribution in [2.24, 2.45) is 0 Å². The number of hydrogen-bond acceptors (Lipinski definition) is 5. The van der Waals surface area contributed by atoms with E-state index in [0.717, 1.165) is 17.0 Å². The molecule has 6 heteroatoms. The van der Waals surface area contributed by atoms with Crippen LogP contribution in [0.5, 0.6) is 5.75 Å². The van der Waals surface area contributed by atoms with E-state index in [2.05, 4.69) is 10.3 Å². The number of rotatable bonds is 8. The summed E-state index contributed by atoms with van der Waals surface area (Å²) in [4.78, 5) is 0. The number of hydrogen-bond donors (Lipinski definition) is 0. The smallest absolute Gasteiger partial charge is 0.176 e. The van der Waals surface area contributed by atoms with Crippen molar-refractivity contribution in [3.63, 3.8) is 0 Å². The van der Waals surface area contributed by atoms with Crippen LogP contribution in [0.25, 0.3) is 11.3 Å².